The first-order valence-corrected chi connectivity index (χ1v) is 13.6. The van der Waals surface area contributed by atoms with Crippen LogP contribution >= 0.6 is 0 Å². The Bertz CT molecular complexity index is 1140. The van der Waals surface area contributed by atoms with E-state index in [2.05, 4.69) is 6.07 Å². The molecule has 2 heterocycles. The van der Waals surface area contributed by atoms with Crippen molar-refractivity contribution in [2.24, 2.45) is 5.92 Å². The normalized spacial score (nSPS) is 23.4. The highest BCUT2D eigenvalue weighted by Gasteiger charge is 2.44. The van der Waals surface area contributed by atoms with Gasteiger partial charge in [-0.25, -0.2) is 9.59 Å². The Kier molecular flexibility index (Phi) is 6.34. The van der Waals surface area contributed by atoms with E-state index in [-0.39, 0.29) is 24.0 Å². The third kappa shape index (κ3) is 5.02. The molecule has 1 amide bonds. The van der Waals surface area contributed by atoms with Crippen molar-refractivity contribution in [1.82, 2.24) is 9.47 Å². The molecule has 1 saturated heterocycles. The fourth-order valence-corrected chi connectivity index (χ4v) is 6.25. The first-order valence-electron chi connectivity index (χ1n) is 11.9. The molecule has 0 spiro atoms. The molecule has 2 aliphatic rings. The van der Waals surface area contributed by atoms with Crippen molar-refractivity contribution in [2.75, 3.05) is 18.6 Å². The van der Waals surface area contributed by atoms with Crippen molar-refractivity contribution in [3.63, 3.8) is 0 Å². The Morgan fingerprint density at radius 1 is 1.06 bits per heavy atom. The molecule has 8 heteroatoms. The highest BCUT2D eigenvalue weighted by molar-refractivity contribution is 7.84. The molecule has 7 nitrogen and oxygen atoms in total. The highest BCUT2D eigenvalue weighted by atomic mass is 32.2. The van der Waals surface area contributed by atoms with Gasteiger partial charge in [0.15, 0.2) is 0 Å². The maximum atomic E-state index is 13.3. The first kappa shape index (κ1) is 24.8. The molecular formula is C26H36N2O5S. The summed E-state index contributed by atoms with van der Waals surface area (Å²) in [6, 6.07) is 5.92. The number of likely N-dealkylation sites (tertiary alicyclic amines) is 1. The number of carbonyl (C=O) groups is 2. The average Bonchev–Trinajstić information content (AvgIpc) is 3.05. The van der Waals surface area contributed by atoms with E-state index in [1.165, 1.54) is 0 Å². The summed E-state index contributed by atoms with van der Waals surface area (Å²) in [6.07, 6.45) is 4.31. The number of nitrogens with zero attached hydrogens (tertiary/aromatic N) is 2. The number of ether oxygens (including phenoxy) is 2. The van der Waals surface area contributed by atoms with Gasteiger partial charge in [0.1, 0.15) is 11.2 Å². The lowest BCUT2D eigenvalue weighted by atomic mass is 9.72. The summed E-state index contributed by atoms with van der Waals surface area (Å²) in [4.78, 5) is 28.1. The summed E-state index contributed by atoms with van der Waals surface area (Å²) in [5.41, 5.74) is 1.78. The Labute approximate surface area is 204 Å². The van der Waals surface area contributed by atoms with Crippen LogP contribution in [0.5, 0.6) is 0 Å². The fourth-order valence-electron chi connectivity index (χ4n) is 5.34. The molecule has 0 radical (unpaired) electrons. The largest absolute Gasteiger partial charge is 0.444 e. The van der Waals surface area contributed by atoms with Crippen molar-refractivity contribution in [3.05, 3.63) is 35.5 Å². The molecule has 1 fully saturated rings. The molecule has 0 N–H and O–H groups in total. The Balaban J connectivity index is 1.77. The quantitative estimate of drug-likeness (QED) is 0.590. The van der Waals surface area contributed by atoms with Crippen LogP contribution in [0.1, 0.15) is 65.0 Å². The van der Waals surface area contributed by atoms with Gasteiger partial charge in [-0.15, -0.1) is 0 Å². The number of piperidine rings is 1. The van der Waals surface area contributed by atoms with Gasteiger partial charge < -0.3 is 14.4 Å². The predicted molar refractivity (Wildman–Crippen MR) is 134 cm³/mol. The number of hydrogen-bond donors (Lipinski definition) is 0. The van der Waals surface area contributed by atoms with Gasteiger partial charge in [0.05, 0.1) is 5.52 Å². The number of hydrogen-bond acceptors (Lipinski definition) is 5. The minimum atomic E-state index is -0.961. The molecule has 1 aliphatic heterocycles. The summed E-state index contributed by atoms with van der Waals surface area (Å²) in [6.45, 7) is 11.7. The lowest BCUT2D eigenvalue weighted by Gasteiger charge is -2.47. The van der Waals surface area contributed by atoms with Crippen molar-refractivity contribution in [1.29, 1.82) is 0 Å². The zero-order valence-corrected chi connectivity index (χ0v) is 22.0. The summed E-state index contributed by atoms with van der Waals surface area (Å²) in [5, 5.41) is 1.07. The van der Waals surface area contributed by atoms with E-state index < -0.39 is 28.1 Å². The van der Waals surface area contributed by atoms with Crippen LogP contribution in [0, 0.1) is 5.92 Å². The second-order valence-corrected chi connectivity index (χ2v) is 13.1. The average molecular weight is 489 g/mol. The van der Waals surface area contributed by atoms with Crippen molar-refractivity contribution in [3.8, 4) is 0 Å². The Hall–Kier alpha value is -2.35. The van der Waals surface area contributed by atoms with Crippen LogP contribution in [0.25, 0.3) is 10.9 Å². The summed E-state index contributed by atoms with van der Waals surface area (Å²) < 4.78 is 25.1. The molecule has 0 saturated carbocycles. The standard InChI is InChI=1S/C26H36N2O5S/c1-25(2,3)32-23(29)27-13-16(15-34(7)31)11-19-18-9-8-10-20-22(18)17(12-21(19)27)14-28(20)24(30)33-26(4,5)6/h8-10,14,16,19,21H,11-13,15H2,1-7H3/t16-,19-,21-,34?/m1/s1. The van der Waals surface area contributed by atoms with E-state index in [1.54, 1.807) is 10.8 Å². The van der Waals surface area contributed by atoms with Crippen LogP contribution in [0.4, 0.5) is 9.59 Å². The third-order valence-electron chi connectivity index (χ3n) is 6.36. The van der Waals surface area contributed by atoms with Gasteiger partial charge in [-0.2, -0.15) is 0 Å². The molecule has 2 aromatic rings. The van der Waals surface area contributed by atoms with Crippen LogP contribution in [0.3, 0.4) is 0 Å². The molecule has 1 aromatic carbocycles. The lowest BCUT2D eigenvalue weighted by Crippen LogP contribution is -2.54. The first-order chi connectivity index (χ1) is 15.7. The van der Waals surface area contributed by atoms with Gasteiger partial charge in [0.2, 0.25) is 0 Å². The van der Waals surface area contributed by atoms with Gasteiger partial charge in [0, 0.05) is 52.9 Å². The highest BCUT2D eigenvalue weighted by Crippen LogP contribution is 2.46. The molecule has 1 aromatic heterocycles. The Morgan fingerprint density at radius 2 is 1.71 bits per heavy atom. The van der Waals surface area contributed by atoms with Crippen molar-refractivity contribution >= 4 is 33.9 Å². The Morgan fingerprint density at radius 3 is 2.32 bits per heavy atom. The summed E-state index contributed by atoms with van der Waals surface area (Å²) in [5.74, 6) is 0.745. The number of carbonyl (C=O) groups excluding carboxylic acids is 2. The maximum Gasteiger partial charge on any atom is 0.419 e. The van der Waals surface area contributed by atoms with Crippen molar-refractivity contribution in [2.45, 2.75) is 77.5 Å². The molecular weight excluding hydrogens is 452 g/mol. The number of fused-ring (bicyclic) bond motifs is 2. The van der Waals surface area contributed by atoms with E-state index in [1.807, 2.05) is 64.8 Å². The van der Waals surface area contributed by atoms with E-state index in [0.29, 0.717) is 18.7 Å². The van der Waals surface area contributed by atoms with E-state index in [9.17, 15) is 13.8 Å². The summed E-state index contributed by atoms with van der Waals surface area (Å²) in [7, 11) is -0.961. The van der Waals surface area contributed by atoms with Crippen LogP contribution in [0.2, 0.25) is 0 Å². The molecule has 186 valence electrons. The van der Waals surface area contributed by atoms with Crippen LogP contribution < -0.4 is 0 Å². The van der Waals surface area contributed by atoms with Crippen LogP contribution in [0.15, 0.2) is 24.4 Å². The van der Waals surface area contributed by atoms with Crippen LogP contribution in [-0.2, 0) is 26.7 Å². The second-order valence-electron chi connectivity index (χ2n) is 11.6. The third-order valence-corrected chi connectivity index (χ3v) is 7.31. The lowest BCUT2D eigenvalue weighted by molar-refractivity contribution is -0.000299. The van der Waals surface area contributed by atoms with E-state index >= 15 is 0 Å². The predicted octanol–water partition coefficient (Wildman–Crippen LogP) is 5.07. The second kappa shape index (κ2) is 8.70. The topological polar surface area (TPSA) is 77.8 Å². The van der Waals surface area contributed by atoms with Crippen LogP contribution in [-0.4, -0.2) is 61.7 Å². The van der Waals surface area contributed by atoms with Gasteiger partial charge in [0.25, 0.3) is 0 Å². The molecule has 0 bridgehead atoms. The fraction of sp³-hybridized carbons (Fsp3) is 0.615. The zero-order chi connectivity index (χ0) is 25.0. The molecule has 4 rings (SSSR count). The number of amides is 1. The molecule has 1 aliphatic carbocycles. The number of benzene rings is 1. The SMILES string of the molecule is CS(=O)C[C@@H]1C[C@@H]2c3cccc4c3c(cn4C(=O)OC(C)(C)C)C[C@H]2N(C(=O)OC(C)(C)C)C1. The summed E-state index contributed by atoms with van der Waals surface area (Å²) >= 11 is 0. The minimum absolute atomic E-state index is 0.0796. The maximum absolute atomic E-state index is 13.3. The van der Waals surface area contributed by atoms with Gasteiger partial charge in [-0.3, -0.25) is 8.78 Å². The number of aromatic nitrogens is 1. The van der Waals surface area contributed by atoms with Crippen molar-refractivity contribution < 1.29 is 23.3 Å². The zero-order valence-electron chi connectivity index (χ0n) is 21.2. The molecule has 1 unspecified atom stereocenters. The molecule has 34 heavy (non-hydrogen) atoms. The monoisotopic (exact) mass is 488 g/mol. The minimum Gasteiger partial charge on any atom is -0.444 e. The number of rotatable bonds is 2. The molecule has 4 atom stereocenters. The van der Waals surface area contributed by atoms with Gasteiger partial charge in [-0.05, 0) is 77.5 Å². The van der Waals surface area contributed by atoms with Gasteiger partial charge in [-0.1, -0.05) is 12.1 Å². The van der Waals surface area contributed by atoms with E-state index in [4.69, 9.17) is 9.47 Å². The smallest absolute Gasteiger partial charge is 0.419 e. The van der Waals surface area contributed by atoms with E-state index in [0.717, 1.165) is 28.5 Å². The van der Waals surface area contributed by atoms with Gasteiger partial charge >= 0.3 is 12.2 Å².